The SMILES string of the molecule is Nc1ccc(C(=O)N[C@@H]2CC(=O)N(Cc3ccc(F)cc3)C2)cn1. The molecule has 2 heterocycles. The van der Waals surface area contributed by atoms with Gasteiger partial charge in [-0.2, -0.15) is 0 Å². The standard InChI is InChI=1S/C17H17FN4O2/c18-13-4-1-11(2-5-13)9-22-10-14(7-16(22)23)21-17(24)12-3-6-15(19)20-8-12/h1-6,8,14H,7,9-10H2,(H2,19,20)(H,21,24)/t14-/m1/s1. The van der Waals surface area contributed by atoms with Crippen molar-refractivity contribution < 1.29 is 14.0 Å². The van der Waals surface area contributed by atoms with Gasteiger partial charge >= 0.3 is 0 Å². The Morgan fingerprint density at radius 3 is 2.71 bits per heavy atom. The lowest BCUT2D eigenvalue weighted by atomic mass is 10.2. The molecule has 1 aromatic carbocycles. The molecule has 0 unspecified atom stereocenters. The van der Waals surface area contributed by atoms with E-state index in [0.717, 1.165) is 5.56 Å². The molecule has 1 fully saturated rings. The van der Waals surface area contributed by atoms with Crippen molar-refractivity contribution in [3.8, 4) is 0 Å². The molecule has 0 spiro atoms. The highest BCUT2D eigenvalue weighted by atomic mass is 19.1. The van der Waals surface area contributed by atoms with Crippen molar-refractivity contribution in [3.63, 3.8) is 0 Å². The Balaban J connectivity index is 1.59. The van der Waals surface area contributed by atoms with Crippen molar-refractivity contribution in [3.05, 3.63) is 59.5 Å². The third kappa shape index (κ3) is 3.68. The number of nitrogens with one attached hydrogen (secondary N) is 1. The van der Waals surface area contributed by atoms with Crippen LogP contribution in [0.2, 0.25) is 0 Å². The topological polar surface area (TPSA) is 88.3 Å². The van der Waals surface area contributed by atoms with Gasteiger partial charge in [0.2, 0.25) is 5.91 Å². The summed E-state index contributed by atoms with van der Waals surface area (Å²) in [7, 11) is 0. The molecule has 1 atom stereocenters. The summed E-state index contributed by atoms with van der Waals surface area (Å²) >= 11 is 0. The molecule has 1 aliphatic rings. The van der Waals surface area contributed by atoms with E-state index < -0.39 is 0 Å². The number of nitrogens with two attached hydrogens (primary N) is 1. The van der Waals surface area contributed by atoms with Gasteiger partial charge in [-0.05, 0) is 29.8 Å². The Bertz CT molecular complexity index is 746. The van der Waals surface area contributed by atoms with Crippen molar-refractivity contribution in [2.75, 3.05) is 12.3 Å². The summed E-state index contributed by atoms with van der Waals surface area (Å²) in [4.78, 5) is 29.8. The number of pyridine rings is 1. The number of anilines is 1. The molecule has 1 saturated heterocycles. The maximum Gasteiger partial charge on any atom is 0.253 e. The second-order valence-electron chi connectivity index (χ2n) is 5.75. The van der Waals surface area contributed by atoms with Crippen LogP contribution in [0.15, 0.2) is 42.6 Å². The molecule has 3 rings (SSSR count). The summed E-state index contributed by atoms with van der Waals surface area (Å²) in [6.45, 7) is 0.819. The monoisotopic (exact) mass is 328 g/mol. The molecule has 0 radical (unpaired) electrons. The molecular weight excluding hydrogens is 311 g/mol. The molecule has 2 aromatic rings. The lowest BCUT2D eigenvalue weighted by Crippen LogP contribution is -2.37. The van der Waals surface area contributed by atoms with Crippen molar-refractivity contribution in [1.82, 2.24) is 15.2 Å². The lowest BCUT2D eigenvalue weighted by Gasteiger charge is -2.17. The predicted molar refractivity (Wildman–Crippen MR) is 86.3 cm³/mol. The number of halogens is 1. The third-order valence-electron chi connectivity index (χ3n) is 3.88. The number of hydrogen-bond donors (Lipinski definition) is 2. The summed E-state index contributed by atoms with van der Waals surface area (Å²) in [5.74, 6) is -0.300. The van der Waals surface area contributed by atoms with Crippen molar-refractivity contribution >= 4 is 17.6 Å². The van der Waals surface area contributed by atoms with E-state index in [-0.39, 0.29) is 30.1 Å². The van der Waals surface area contributed by atoms with E-state index in [0.29, 0.717) is 24.5 Å². The summed E-state index contributed by atoms with van der Waals surface area (Å²) in [5.41, 5.74) is 6.74. The fraction of sp³-hybridized carbons (Fsp3) is 0.235. The second-order valence-corrected chi connectivity index (χ2v) is 5.75. The number of hydrogen-bond acceptors (Lipinski definition) is 4. The smallest absolute Gasteiger partial charge is 0.253 e. The van der Waals surface area contributed by atoms with Gasteiger partial charge < -0.3 is 16.0 Å². The molecule has 24 heavy (non-hydrogen) atoms. The minimum absolute atomic E-state index is 0.0416. The molecule has 3 N–H and O–H groups in total. The number of nitrogen functional groups attached to an aromatic ring is 1. The number of likely N-dealkylation sites (tertiary alicyclic amines) is 1. The average molecular weight is 328 g/mol. The highest BCUT2D eigenvalue weighted by molar-refractivity contribution is 5.95. The van der Waals surface area contributed by atoms with Gasteiger partial charge in [0.15, 0.2) is 0 Å². The van der Waals surface area contributed by atoms with E-state index in [1.54, 1.807) is 29.2 Å². The van der Waals surface area contributed by atoms with Crippen molar-refractivity contribution in [1.29, 1.82) is 0 Å². The normalized spacial score (nSPS) is 17.1. The molecule has 124 valence electrons. The summed E-state index contributed by atoms with van der Waals surface area (Å²) in [6.07, 6.45) is 1.65. The van der Waals surface area contributed by atoms with E-state index in [1.807, 2.05) is 0 Å². The number of rotatable bonds is 4. The zero-order chi connectivity index (χ0) is 17.1. The maximum absolute atomic E-state index is 12.9. The molecule has 1 aromatic heterocycles. The number of nitrogens with zero attached hydrogens (tertiary/aromatic N) is 2. The van der Waals surface area contributed by atoms with Crippen molar-refractivity contribution in [2.24, 2.45) is 0 Å². The molecule has 2 amide bonds. The van der Waals surface area contributed by atoms with Crippen LogP contribution in [-0.2, 0) is 11.3 Å². The van der Waals surface area contributed by atoms with Gasteiger partial charge in [0, 0.05) is 25.7 Å². The van der Waals surface area contributed by atoms with Crippen LogP contribution < -0.4 is 11.1 Å². The van der Waals surface area contributed by atoms with E-state index in [9.17, 15) is 14.0 Å². The molecule has 6 nitrogen and oxygen atoms in total. The van der Waals surface area contributed by atoms with Gasteiger partial charge in [0.25, 0.3) is 5.91 Å². The lowest BCUT2D eigenvalue weighted by molar-refractivity contribution is -0.128. The minimum atomic E-state index is -0.311. The average Bonchev–Trinajstić information content (AvgIpc) is 2.89. The van der Waals surface area contributed by atoms with Crippen LogP contribution in [0.1, 0.15) is 22.3 Å². The van der Waals surface area contributed by atoms with E-state index in [4.69, 9.17) is 5.73 Å². The summed E-state index contributed by atoms with van der Waals surface area (Å²) < 4.78 is 12.9. The van der Waals surface area contributed by atoms with Gasteiger partial charge in [0.1, 0.15) is 11.6 Å². The maximum atomic E-state index is 12.9. The number of aromatic nitrogens is 1. The first-order valence-corrected chi connectivity index (χ1v) is 7.56. The molecule has 1 aliphatic heterocycles. The van der Waals surface area contributed by atoms with Crippen LogP contribution in [0.25, 0.3) is 0 Å². The zero-order valence-electron chi connectivity index (χ0n) is 12.9. The van der Waals surface area contributed by atoms with Crippen LogP contribution in [0.5, 0.6) is 0 Å². The first kappa shape index (κ1) is 15.9. The first-order valence-electron chi connectivity index (χ1n) is 7.56. The number of carbonyl (C=O) groups excluding carboxylic acids is 2. The Labute approximate surface area is 138 Å². The fourth-order valence-electron chi connectivity index (χ4n) is 2.64. The Hall–Kier alpha value is -2.96. The molecule has 7 heteroatoms. The van der Waals surface area contributed by atoms with Crippen LogP contribution in [-0.4, -0.2) is 34.3 Å². The van der Waals surface area contributed by atoms with Crippen LogP contribution in [0.3, 0.4) is 0 Å². The quantitative estimate of drug-likeness (QED) is 0.886. The third-order valence-corrected chi connectivity index (χ3v) is 3.88. The first-order chi connectivity index (χ1) is 11.5. The second kappa shape index (κ2) is 6.66. The van der Waals surface area contributed by atoms with Crippen LogP contribution >= 0.6 is 0 Å². The highest BCUT2D eigenvalue weighted by Gasteiger charge is 2.30. The van der Waals surface area contributed by atoms with Gasteiger partial charge in [-0.3, -0.25) is 9.59 Å². The Morgan fingerprint density at radius 1 is 1.29 bits per heavy atom. The van der Waals surface area contributed by atoms with Gasteiger partial charge in [-0.15, -0.1) is 0 Å². The van der Waals surface area contributed by atoms with Crippen LogP contribution in [0.4, 0.5) is 10.2 Å². The van der Waals surface area contributed by atoms with E-state index in [2.05, 4.69) is 10.3 Å². The molecule has 0 aliphatic carbocycles. The molecule has 0 bridgehead atoms. The van der Waals surface area contributed by atoms with Gasteiger partial charge in [-0.25, -0.2) is 9.37 Å². The minimum Gasteiger partial charge on any atom is -0.384 e. The van der Waals surface area contributed by atoms with Crippen LogP contribution in [0, 0.1) is 5.82 Å². The molecular formula is C17H17FN4O2. The zero-order valence-corrected chi connectivity index (χ0v) is 12.9. The van der Waals surface area contributed by atoms with Crippen molar-refractivity contribution in [2.45, 2.75) is 19.0 Å². The number of benzene rings is 1. The number of carbonyl (C=O) groups is 2. The Morgan fingerprint density at radius 2 is 2.04 bits per heavy atom. The van der Waals surface area contributed by atoms with Gasteiger partial charge in [0.05, 0.1) is 11.6 Å². The summed E-state index contributed by atoms with van der Waals surface area (Å²) in [5, 5.41) is 2.83. The largest absolute Gasteiger partial charge is 0.384 e. The fourth-order valence-corrected chi connectivity index (χ4v) is 2.64. The predicted octanol–water partition coefficient (Wildman–Crippen LogP) is 1.33. The number of amides is 2. The Kier molecular flexibility index (Phi) is 4.41. The summed E-state index contributed by atoms with van der Waals surface area (Å²) in [6, 6.07) is 8.90. The van der Waals surface area contributed by atoms with E-state index >= 15 is 0 Å². The van der Waals surface area contributed by atoms with Gasteiger partial charge in [-0.1, -0.05) is 12.1 Å². The molecule has 0 saturated carbocycles. The highest BCUT2D eigenvalue weighted by Crippen LogP contribution is 2.16. The van der Waals surface area contributed by atoms with E-state index in [1.165, 1.54) is 18.3 Å².